The van der Waals surface area contributed by atoms with Crippen LogP contribution in [0.4, 0.5) is 15.8 Å². The number of hydrogen-bond acceptors (Lipinski definition) is 3. The maximum Gasteiger partial charge on any atom is 0.150 e. The third kappa shape index (κ3) is 4.06. The van der Waals surface area contributed by atoms with E-state index in [1.807, 2.05) is 12.1 Å². The molecule has 0 amide bonds. The molecule has 2 aromatic rings. The minimum Gasteiger partial charge on any atom is -0.398 e. The van der Waals surface area contributed by atoms with E-state index < -0.39 is 0 Å². The van der Waals surface area contributed by atoms with Crippen LogP contribution >= 0.6 is 0 Å². The van der Waals surface area contributed by atoms with Gasteiger partial charge in [0.15, 0.2) is 5.82 Å². The van der Waals surface area contributed by atoms with Gasteiger partial charge in [-0.3, -0.25) is 4.98 Å². The van der Waals surface area contributed by atoms with Gasteiger partial charge in [-0.1, -0.05) is 39.0 Å². The number of nitrogens with two attached hydrogens (primary N) is 1. The van der Waals surface area contributed by atoms with E-state index in [1.165, 1.54) is 38.2 Å². The normalized spacial score (nSPS) is 11.0. The average molecular weight is 289 g/mol. The first-order chi connectivity index (χ1) is 10.2. The molecule has 21 heavy (non-hydrogen) atoms. The number of nitrogens with zero attached hydrogens (tertiary/aromatic N) is 1. The number of unbranched alkanes of at least 4 members (excludes halogenated alkanes) is 5. The molecule has 0 bridgehead atoms. The van der Waals surface area contributed by atoms with Crippen LogP contribution in [0, 0.1) is 5.82 Å². The summed E-state index contributed by atoms with van der Waals surface area (Å²) in [6.07, 6.45) is 8.98. The molecule has 3 N–H and O–H groups in total. The minimum absolute atomic E-state index is 0.329. The number of fused-ring (bicyclic) bond motifs is 1. The van der Waals surface area contributed by atoms with E-state index in [0.29, 0.717) is 16.9 Å². The van der Waals surface area contributed by atoms with Gasteiger partial charge in [-0.15, -0.1) is 0 Å². The summed E-state index contributed by atoms with van der Waals surface area (Å²) in [5, 5.41) is 3.98. The van der Waals surface area contributed by atoms with Crippen LogP contribution in [0.2, 0.25) is 0 Å². The highest BCUT2D eigenvalue weighted by Crippen LogP contribution is 2.29. The molecule has 0 aliphatic rings. The number of anilines is 2. The number of aromatic nitrogens is 1. The highest BCUT2D eigenvalue weighted by atomic mass is 19.1. The van der Waals surface area contributed by atoms with Crippen LogP contribution < -0.4 is 11.1 Å². The Bertz CT molecular complexity index is 584. The predicted molar refractivity (Wildman–Crippen MR) is 88.0 cm³/mol. The van der Waals surface area contributed by atoms with Crippen molar-refractivity contribution in [2.24, 2.45) is 0 Å². The molecule has 2 rings (SSSR count). The summed E-state index contributed by atoms with van der Waals surface area (Å²) in [6, 6.07) is 5.05. The molecule has 1 aromatic carbocycles. The second kappa shape index (κ2) is 7.81. The van der Waals surface area contributed by atoms with Crippen molar-refractivity contribution in [3.05, 3.63) is 30.2 Å². The van der Waals surface area contributed by atoms with E-state index in [4.69, 9.17) is 5.73 Å². The first-order valence-corrected chi connectivity index (χ1v) is 7.80. The van der Waals surface area contributed by atoms with Crippen molar-refractivity contribution in [3.63, 3.8) is 0 Å². The Morgan fingerprint density at radius 1 is 1.19 bits per heavy atom. The monoisotopic (exact) mass is 289 g/mol. The van der Waals surface area contributed by atoms with Crippen LogP contribution in [0.5, 0.6) is 0 Å². The predicted octanol–water partition coefficient (Wildman–Crippen LogP) is 4.73. The molecule has 0 spiro atoms. The van der Waals surface area contributed by atoms with Crippen molar-refractivity contribution in [2.45, 2.75) is 45.4 Å². The number of nitrogen functional groups attached to an aromatic ring is 1. The van der Waals surface area contributed by atoms with E-state index in [1.54, 1.807) is 6.20 Å². The number of pyridine rings is 1. The van der Waals surface area contributed by atoms with E-state index in [-0.39, 0.29) is 5.82 Å². The zero-order valence-corrected chi connectivity index (χ0v) is 12.7. The summed E-state index contributed by atoms with van der Waals surface area (Å²) in [5.74, 6) is -0.329. The highest BCUT2D eigenvalue weighted by Gasteiger charge is 2.11. The summed E-state index contributed by atoms with van der Waals surface area (Å²) in [4.78, 5) is 4.26. The number of halogens is 1. The number of nitrogens with one attached hydrogen (secondary N) is 1. The second-order valence-corrected chi connectivity index (χ2v) is 5.42. The van der Waals surface area contributed by atoms with Crippen LogP contribution in [0.3, 0.4) is 0 Å². The average Bonchev–Trinajstić information content (AvgIpc) is 2.49. The lowest BCUT2D eigenvalue weighted by Gasteiger charge is -2.11. The second-order valence-electron chi connectivity index (χ2n) is 5.42. The summed E-state index contributed by atoms with van der Waals surface area (Å²) in [6.45, 7) is 2.97. The van der Waals surface area contributed by atoms with Gasteiger partial charge < -0.3 is 11.1 Å². The van der Waals surface area contributed by atoms with Crippen molar-refractivity contribution in [2.75, 3.05) is 17.6 Å². The van der Waals surface area contributed by atoms with Crippen molar-refractivity contribution in [1.82, 2.24) is 4.98 Å². The molecule has 1 aromatic heterocycles. The van der Waals surface area contributed by atoms with E-state index in [9.17, 15) is 4.39 Å². The van der Waals surface area contributed by atoms with Gasteiger partial charge in [-0.2, -0.15) is 0 Å². The molecular formula is C17H24FN3. The van der Waals surface area contributed by atoms with Gasteiger partial charge in [0, 0.05) is 23.8 Å². The Labute approximate surface area is 125 Å². The molecule has 1 heterocycles. The van der Waals surface area contributed by atoms with E-state index >= 15 is 0 Å². The lowest BCUT2D eigenvalue weighted by molar-refractivity contribution is 0.612. The highest BCUT2D eigenvalue weighted by molar-refractivity contribution is 5.98. The Hall–Kier alpha value is -1.84. The smallest absolute Gasteiger partial charge is 0.150 e. The Balaban J connectivity index is 1.96. The topological polar surface area (TPSA) is 50.9 Å². The largest absolute Gasteiger partial charge is 0.398 e. The van der Waals surface area contributed by atoms with Gasteiger partial charge >= 0.3 is 0 Å². The Kier molecular flexibility index (Phi) is 5.78. The standard InChI is InChI=1S/C17H24FN3/c1-2-3-4-5-6-7-10-21-17-14(18)12-15(19)13-9-8-11-20-16(13)17/h8-9,11-12,21H,2-7,10,19H2,1H3. The minimum atomic E-state index is -0.329. The third-order valence-electron chi connectivity index (χ3n) is 3.71. The fourth-order valence-corrected chi connectivity index (χ4v) is 2.52. The molecule has 114 valence electrons. The molecule has 0 unspecified atom stereocenters. The summed E-state index contributed by atoms with van der Waals surface area (Å²) in [5.41, 5.74) is 7.35. The number of benzene rings is 1. The summed E-state index contributed by atoms with van der Waals surface area (Å²) >= 11 is 0. The van der Waals surface area contributed by atoms with Crippen LogP contribution in [0.15, 0.2) is 24.4 Å². The van der Waals surface area contributed by atoms with E-state index in [0.717, 1.165) is 18.4 Å². The molecule has 0 saturated carbocycles. The first kappa shape index (κ1) is 15.5. The Morgan fingerprint density at radius 2 is 1.95 bits per heavy atom. The summed E-state index contributed by atoms with van der Waals surface area (Å²) in [7, 11) is 0. The molecule has 0 aliphatic carbocycles. The molecule has 4 heteroatoms. The van der Waals surface area contributed by atoms with Crippen LogP contribution in [0.1, 0.15) is 45.4 Å². The molecule has 0 aliphatic heterocycles. The lowest BCUT2D eigenvalue weighted by atomic mass is 10.1. The number of rotatable bonds is 8. The quantitative estimate of drug-likeness (QED) is 0.545. The van der Waals surface area contributed by atoms with Crippen molar-refractivity contribution in [3.8, 4) is 0 Å². The fourth-order valence-electron chi connectivity index (χ4n) is 2.52. The molecule has 0 atom stereocenters. The van der Waals surface area contributed by atoms with Crippen molar-refractivity contribution >= 4 is 22.3 Å². The van der Waals surface area contributed by atoms with Crippen molar-refractivity contribution in [1.29, 1.82) is 0 Å². The van der Waals surface area contributed by atoms with Crippen LogP contribution in [0.25, 0.3) is 10.9 Å². The van der Waals surface area contributed by atoms with Gasteiger partial charge in [0.25, 0.3) is 0 Å². The Morgan fingerprint density at radius 3 is 2.76 bits per heavy atom. The fraction of sp³-hybridized carbons (Fsp3) is 0.471. The number of hydrogen-bond donors (Lipinski definition) is 2. The molecular weight excluding hydrogens is 265 g/mol. The third-order valence-corrected chi connectivity index (χ3v) is 3.71. The maximum absolute atomic E-state index is 14.1. The van der Waals surface area contributed by atoms with Gasteiger partial charge in [-0.25, -0.2) is 4.39 Å². The van der Waals surface area contributed by atoms with Gasteiger partial charge in [0.1, 0.15) is 0 Å². The van der Waals surface area contributed by atoms with Crippen molar-refractivity contribution < 1.29 is 4.39 Å². The zero-order chi connectivity index (χ0) is 15.1. The zero-order valence-electron chi connectivity index (χ0n) is 12.7. The van der Waals surface area contributed by atoms with E-state index in [2.05, 4.69) is 17.2 Å². The van der Waals surface area contributed by atoms with Gasteiger partial charge in [-0.05, 0) is 24.6 Å². The molecule has 3 nitrogen and oxygen atoms in total. The van der Waals surface area contributed by atoms with Gasteiger partial charge in [0.2, 0.25) is 0 Å². The molecule has 0 saturated heterocycles. The van der Waals surface area contributed by atoms with Crippen LogP contribution in [-0.4, -0.2) is 11.5 Å². The molecule has 0 radical (unpaired) electrons. The lowest BCUT2D eigenvalue weighted by Crippen LogP contribution is -2.06. The summed E-state index contributed by atoms with van der Waals surface area (Å²) < 4.78 is 14.1. The SMILES string of the molecule is CCCCCCCCNc1c(F)cc(N)c2cccnc12. The maximum atomic E-state index is 14.1. The van der Waals surface area contributed by atoms with Crippen LogP contribution in [-0.2, 0) is 0 Å². The van der Waals surface area contributed by atoms with Gasteiger partial charge in [0.05, 0.1) is 11.2 Å². The first-order valence-electron chi connectivity index (χ1n) is 7.80. The molecule has 0 fully saturated rings.